The molecule has 0 fully saturated rings. The van der Waals surface area contributed by atoms with Crippen LogP contribution in [0.25, 0.3) is 4.96 Å². The minimum atomic E-state index is -0.825. The number of hydrogen-bond donors (Lipinski definition) is 1. The highest BCUT2D eigenvalue weighted by molar-refractivity contribution is 7.15. The number of rotatable bonds is 5. The number of aryl methyl sites for hydroxylation is 1. The molecule has 7 heteroatoms. The molecule has 0 amide bonds. The summed E-state index contributed by atoms with van der Waals surface area (Å²) < 4.78 is 6.58. The monoisotopic (exact) mass is 309 g/mol. The molecule has 2 aromatic heterocycles. The van der Waals surface area contributed by atoms with Crippen molar-refractivity contribution in [2.24, 2.45) is 0 Å². The summed E-state index contributed by atoms with van der Waals surface area (Å²) in [5.74, 6) is -0.324. The largest absolute Gasteiger partial charge is 0.465 e. The molecule has 0 atom stereocenters. The van der Waals surface area contributed by atoms with E-state index < -0.39 is 5.54 Å². The van der Waals surface area contributed by atoms with Gasteiger partial charge in [-0.3, -0.25) is 19.3 Å². The number of thiazole rings is 1. The Morgan fingerprint density at radius 1 is 1.52 bits per heavy atom. The topological polar surface area (TPSA) is 72.7 Å². The van der Waals surface area contributed by atoms with E-state index in [-0.39, 0.29) is 11.5 Å². The van der Waals surface area contributed by atoms with Gasteiger partial charge in [0.05, 0.1) is 12.3 Å². The zero-order valence-corrected chi connectivity index (χ0v) is 13.4. The van der Waals surface area contributed by atoms with Crippen LogP contribution < -0.4 is 10.9 Å². The second-order valence-electron chi connectivity index (χ2n) is 5.28. The van der Waals surface area contributed by atoms with Crippen molar-refractivity contribution in [3.05, 3.63) is 33.2 Å². The third kappa shape index (κ3) is 3.30. The molecular formula is C14H19N3O3S. The van der Waals surface area contributed by atoms with E-state index in [2.05, 4.69) is 10.3 Å². The van der Waals surface area contributed by atoms with Crippen LogP contribution in [0.4, 0.5) is 0 Å². The first-order chi connectivity index (χ1) is 9.85. The van der Waals surface area contributed by atoms with Gasteiger partial charge in [-0.25, -0.2) is 4.98 Å². The van der Waals surface area contributed by atoms with Crippen LogP contribution in [0.1, 0.15) is 32.2 Å². The lowest BCUT2D eigenvalue weighted by molar-refractivity contribution is -0.149. The molecule has 21 heavy (non-hydrogen) atoms. The number of fused-ring (bicyclic) bond motifs is 1. The van der Waals surface area contributed by atoms with Crippen molar-refractivity contribution in [1.29, 1.82) is 0 Å². The number of nitrogens with one attached hydrogen (secondary N) is 1. The second-order valence-corrected chi connectivity index (χ2v) is 6.12. The average molecular weight is 309 g/mol. The summed E-state index contributed by atoms with van der Waals surface area (Å²) in [6.07, 6.45) is 0. The molecule has 0 aliphatic carbocycles. The molecule has 1 N–H and O–H groups in total. The van der Waals surface area contributed by atoms with Gasteiger partial charge in [0.15, 0.2) is 4.96 Å². The maximum absolute atomic E-state index is 12.1. The van der Waals surface area contributed by atoms with Crippen LogP contribution >= 0.6 is 11.3 Å². The number of carbonyl (C=O) groups excluding carboxylic acids is 1. The Bertz CT molecular complexity index is 718. The molecule has 6 nitrogen and oxygen atoms in total. The van der Waals surface area contributed by atoms with Crippen LogP contribution in [-0.2, 0) is 16.1 Å². The molecule has 2 aromatic rings. The second kappa shape index (κ2) is 5.95. The quantitative estimate of drug-likeness (QED) is 0.847. The Balaban J connectivity index is 2.17. The van der Waals surface area contributed by atoms with Crippen molar-refractivity contribution in [1.82, 2.24) is 14.7 Å². The molecule has 0 aromatic carbocycles. The van der Waals surface area contributed by atoms with E-state index in [0.29, 0.717) is 23.8 Å². The van der Waals surface area contributed by atoms with E-state index in [1.54, 1.807) is 25.2 Å². The molecule has 0 bridgehead atoms. The van der Waals surface area contributed by atoms with Gasteiger partial charge in [-0.15, -0.1) is 11.3 Å². The predicted octanol–water partition coefficient (Wildman–Crippen LogP) is 1.50. The molecule has 0 saturated carbocycles. The Morgan fingerprint density at radius 3 is 2.90 bits per heavy atom. The highest BCUT2D eigenvalue weighted by atomic mass is 32.1. The summed E-state index contributed by atoms with van der Waals surface area (Å²) in [5.41, 5.74) is 0.552. The molecule has 0 aliphatic rings. The van der Waals surface area contributed by atoms with Gasteiger partial charge in [-0.2, -0.15) is 0 Å². The lowest BCUT2D eigenvalue weighted by Crippen LogP contribution is -2.47. The zero-order chi connectivity index (χ0) is 15.6. The maximum Gasteiger partial charge on any atom is 0.325 e. The Kier molecular flexibility index (Phi) is 4.43. The zero-order valence-electron chi connectivity index (χ0n) is 12.6. The lowest BCUT2D eigenvalue weighted by atomic mass is 10.1. The summed E-state index contributed by atoms with van der Waals surface area (Å²) in [4.78, 5) is 28.9. The van der Waals surface area contributed by atoms with Crippen LogP contribution in [-0.4, -0.2) is 27.5 Å². The summed E-state index contributed by atoms with van der Waals surface area (Å²) >= 11 is 1.42. The van der Waals surface area contributed by atoms with Crippen LogP contribution in [0.3, 0.4) is 0 Å². The van der Waals surface area contributed by atoms with Crippen LogP contribution in [0.2, 0.25) is 0 Å². The van der Waals surface area contributed by atoms with Crippen LogP contribution in [0.5, 0.6) is 0 Å². The van der Waals surface area contributed by atoms with E-state index in [1.807, 2.05) is 12.3 Å². The first-order valence-corrected chi connectivity index (χ1v) is 7.62. The van der Waals surface area contributed by atoms with Crippen molar-refractivity contribution in [2.75, 3.05) is 6.61 Å². The molecule has 0 unspecified atom stereocenters. The van der Waals surface area contributed by atoms with E-state index in [4.69, 9.17) is 4.74 Å². The number of aromatic nitrogens is 2. The molecule has 0 aliphatic heterocycles. The van der Waals surface area contributed by atoms with Crippen molar-refractivity contribution in [2.45, 2.75) is 39.8 Å². The van der Waals surface area contributed by atoms with Gasteiger partial charge in [-0.05, 0) is 27.7 Å². The standard InChI is InChI=1S/C14H19N3O3S/c1-5-20-12(19)14(3,4)15-7-10-6-11(18)17-9(2)8-21-13(17)16-10/h6,8,15H,5,7H2,1-4H3. The highest BCUT2D eigenvalue weighted by Crippen LogP contribution is 2.12. The summed E-state index contributed by atoms with van der Waals surface area (Å²) in [6.45, 7) is 7.79. The van der Waals surface area contributed by atoms with E-state index in [9.17, 15) is 9.59 Å². The van der Waals surface area contributed by atoms with Crippen molar-refractivity contribution < 1.29 is 9.53 Å². The Labute approximate surface area is 126 Å². The van der Waals surface area contributed by atoms with E-state index in [1.165, 1.54) is 17.4 Å². The van der Waals surface area contributed by atoms with Gasteiger partial charge >= 0.3 is 5.97 Å². The SMILES string of the molecule is CCOC(=O)C(C)(C)NCc1cc(=O)n2c(C)csc2n1. The van der Waals surface area contributed by atoms with Gasteiger partial charge < -0.3 is 4.74 Å². The van der Waals surface area contributed by atoms with Gasteiger partial charge in [0.25, 0.3) is 5.56 Å². The number of ether oxygens (including phenoxy) is 1. The molecule has 0 spiro atoms. The van der Waals surface area contributed by atoms with Crippen LogP contribution in [0, 0.1) is 6.92 Å². The molecule has 114 valence electrons. The normalized spacial score (nSPS) is 11.8. The minimum absolute atomic E-state index is 0.107. The molecule has 2 heterocycles. The van der Waals surface area contributed by atoms with E-state index >= 15 is 0 Å². The first-order valence-electron chi connectivity index (χ1n) is 6.74. The number of nitrogens with zero attached hydrogens (tertiary/aromatic N) is 2. The summed E-state index contributed by atoms with van der Waals surface area (Å²) in [5, 5.41) is 4.97. The van der Waals surface area contributed by atoms with Gasteiger partial charge in [0.1, 0.15) is 5.54 Å². The summed E-state index contributed by atoms with van der Waals surface area (Å²) in [7, 11) is 0. The first kappa shape index (κ1) is 15.7. The Hall–Kier alpha value is -1.73. The van der Waals surface area contributed by atoms with Crippen LogP contribution in [0.15, 0.2) is 16.2 Å². The molecule has 0 saturated heterocycles. The third-order valence-corrected chi connectivity index (χ3v) is 4.07. The molecule has 0 radical (unpaired) electrons. The highest BCUT2D eigenvalue weighted by Gasteiger charge is 2.28. The van der Waals surface area contributed by atoms with Gasteiger partial charge in [-0.1, -0.05) is 0 Å². The van der Waals surface area contributed by atoms with Gasteiger partial charge in [0, 0.05) is 23.7 Å². The predicted molar refractivity (Wildman–Crippen MR) is 81.6 cm³/mol. The van der Waals surface area contributed by atoms with Crippen molar-refractivity contribution >= 4 is 22.3 Å². The molecule has 2 rings (SSSR count). The van der Waals surface area contributed by atoms with Crippen molar-refractivity contribution in [3.63, 3.8) is 0 Å². The number of carbonyl (C=O) groups is 1. The van der Waals surface area contributed by atoms with Gasteiger partial charge in [0.2, 0.25) is 0 Å². The lowest BCUT2D eigenvalue weighted by Gasteiger charge is -2.23. The fourth-order valence-corrected chi connectivity index (χ4v) is 2.78. The van der Waals surface area contributed by atoms with Crippen molar-refractivity contribution in [3.8, 4) is 0 Å². The smallest absolute Gasteiger partial charge is 0.325 e. The average Bonchev–Trinajstić information content (AvgIpc) is 2.79. The third-order valence-electron chi connectivity index (χ3n) is 3.13. The molecular weight excluding hydrogens is 290 g/mol. The maximum atomic E-state index is 12.1. The number of hydrogen-bond acceptors (Lipinski definition) is 6. The number of esters is 1. The fourth-order valence-electron chi connectivity index (χ4n) is 1.89. The minimum Gasteiger partial charge on any atom is -0.465 e. The fraction of sp³-hybridized carbons (Fsp3) is 0.500. The Morgan fingerprint density at radius 2 is 2.24 bits per heavy atom. The summed E-state index contributed by atoms with van der Waals surface area (Å²) in [6, 6.07) is 1.49. The van der Waals surface area contributed by atoms with E-state index in [0.717, 1.165) is 5.69 Å².